The Morgan fingerprint density at radius 1 is 1.09 bits per heavy atom. The molecule has 120 valence electrons. The van der Waals surface area contributed by atoms with Gasteiger partial charge in [-0.25, -0.2) is 4.98 Å². The molecule has 6 heteroatoms. The zero-order valence-electron chi connectivity index (χ0n) is 12.5. The number of nitrogens with zero attached hydrogens (tertiary/aromatic N) is 1. The van der Waals surface area contributed by atoms with E-state index in [9.17, 15) is 9.59 Å². The lowest BCUT2D eigenvalue weighted by molar-refractivity contribution is -0.143. The molecule has 2 aromatic rings. The van der Waals surface area contributed by atoms with E-state index >= 15 is 0 Å². The number of anilines is 1. The molecule has 1 fully saturated rings. The number of pyridine rings is 1. The first-order valence-electron chi connectivity index (χ1n) is 7.63. The van der Waals surface area contributed by atoms with Gasteiger partial charge in [-0.05, 0) is 56.0 Å². The summed E-state index contributed by atoms with van der Waals surface area (Å²) >= 11 is 5.94. The van der Waals surface area contributed by atoms with Gasteiger partial charge in [0.05, 0.1) is 11.4 Å². The number of carbonyl (C=O) groups excluding carboxylic acids is 1. The molecule has 0 bridgehead atoms. The standard InChI is InChI=1S/C17H17ClN2O3/c18-13-6-7-14-12(9-13)5-8-15(19-14)20-16(21)10-1-3-11(4-2-10)17(22)23/h5-11H,1-4H2,(H,22,23)(H,19,20,21). The Labute approximate surface area is 138 Å². The Hall–Kier alpha value is -2.14. The van der Waals surface area contributed by atoms with E-state index in [0.717, 1.165) is 10.9 Å². The summed E-state index contributed by atoms with van der Waals surface area (Å²) < 4.78 is 0. The van der Waals surface area contributed by atoms with Crippen molar-refractivity contribution in [1.29, 1.82) is 0 Å². The van der Waals surface area contributed by atoms with Crippen molar-refractivity contribution in [2.75, 3.05) is 5.32 Å². The highest BCUT2D eigenvalue weighted by molar-refractivity contribution is 6.31. The molecule has 5 nitrogen and oxygen atoms in total. The number of amides is 1. The van der Waals surface area contributed by atoms with Gasteiger partial charge in [-0.3, -0.25) is 9.59 Å². The molecule has 23 heavy (non-hydrogen) atoms. The van der Waals surface area contributed by atoms with Gasteiger partial charge in [0.2, 0.25) is 5.91 Å². The maximum absolute atomic E-state index is 12.3. The third-order valence-electron chi connectivity index (χ3n) is 4.35. The number of benzene rings is 1. The van der Waals surface area contributed by atoms with Gasteiger partial charge >= 0.3 is 5.97 Å². The van der Waals surface area contributed by atoms with Gasteiger partial charge in [-0.2, -0.15) is 0 Å². The van der Waals surface area contributed by atoms with Crippen LogP contribution in [0.3, 0.4) is 0 Å². The van der Waals surface area contributed by atoms with Gasteiger partial charge in [-0.15, -0.1) is 0 Å². The summed E-state index contributed by atoms with van der Waals surface area (Å²) in [6, 6.07) is 9.01. The Kier molecular flexibility index (Phi) is 4.48. The van der Waals surface area contributed by atoms with E-state index in [-0.39, 0.29) is 17.7 Å². The molecule has 1 aromatic heterocycles. The fourth-order valence-electron chi connectivity index (χ4n) is 3.00. The van der Waals surface area contributed by atoms with Crippen LogP contribution in [0, 0.1) is 11.8 Å². The lowest BCUT2D eigenvalue weighted by atomic mass is 9.81. The topological polar surface area (TPSA) is 79.3 Å². The maximum atomic E-state index is 12.3. The molecular weight excluding hydrogens is 316 g/mol. The summed E-state index contributed by atoms with van der Waals surface area (Å²) in [7, 11) is 0. The minimum Gasteiger partial charge on any atom is -0.481 e. The maximum Gasteiger partial charge on any atom is 0.306 e. The monoisotopic (exact) mass is 332 g/mol. The van der Waals surface area contributed by atoms with Crippen molar-refractivity contribution in [2.45, 2.75) is 25.7 Å². The van der Waals surface area contributed by atoms with Crippen LogP contribution in [-0.4, -0.2) is 22.0 Å². The quantitative estimate of drug-likeness (QED) is 0.897. The van der Waals surface area contributed by atoms with Gasteiger partial charge < -0.3 is 10.4 Å². The predicted octanol–water partition coefficient (Wildman–Crippen LogP) is 3.72. The Morgan fingerprint density at radius 2 is 1.78 bits per heavy atom. The SMILES string of the molecule is O=C(O)C1CCC(C(=O)Nc2ccc3cc(Cl)ccc3n2)CC1. The smallest absolute Gasteiger partial charge is 0.306 e. The van der Waals surface area contributed by atoms with Crippen molar-refractivity contribution in [3.05, 3.63) is 35.4 Å². The number of hydrogen-bond donors (Lipinski definition) is 2. The second-order valence-corrected chi connectivity index (χ2v) is 6.35. The number of nitrogens with one attached hydrogen (secondary N) is 1. The Balaban J connectivity index is 1.66. The van der Waals surface area contributed by atoms with Gasteiger partial charge in [0, 0.05) is 16.3 Å². The number of carboxylic acid groups (broad SMARTS) is 1. The molecule has 0 spiro atoms. The molecule has 0 radical (unpaired) electrons. The van der Waals surface area contributed by atoms with Crippen molar-refractivity contribution in [3.8, 4) is 0 Å². The molecule has 0 atom stereocenters. The number of carbonyl (C=O) groups is 2. The molecule has 1 aliphatic carbocycles. The molecule has 2 N–H and O–H groups in total. The van der Waals surface area contributed by atoms with E-state index in [0.29, 0.717) is 36.5 Å². The van der Waals surface area contributed by atoms with Crippen molar-refractivity contribution in [1.82, 2.24) is 4.98 Å². The van der Waals surface area contributed by atoms with Crippen LogP contribution in [0.2, 0.25) is 5.02 Å². The minimum atomic E-state index is -0.765. The largest absolute Gasteiger partial charge is 0.481 e. The van der Waals surface area contributed by atoms with Gasteiger partial charge in [0.15, 0.2) is 0 Å². The van der Waals surface area contributed by atoms with E-state index in [1.54, 1.807) is 12.1 Å². The third kappa shape index (κ3) is 3.62. The number of aromatic nitrogens is 1. The second-order valence-electron chi connectivity index (χ2n) is 5.91. The number of hydrogen-bond acceptors (Lipinski definition) is 3. The van der Waals surface area contributed by atoms with Crippen LogP contribution < -0.4 is 5.32 Å². The fraction of sp³-hybridized carbons (Fsp3) is 0.353. The average molecular weight is 333 g/mol. The van der Waals surface area contributed by atoms with Crippen molar-refractivity contribution in [3.63, 3.8) is 0 Å². The molecule has 1 heterocycles. The molecule has 1 aromatic carbocycles. The highest BCUT2D eigenvalue weighted by Gasteiger charge is 2.29. The normalized spacial score (nSPS) is 21.1. The van der Waals surface area contributed by atoms with Crippen LogP contribution in [0.5, 0.6) is 0 Å². The molecule has 1 aliphatic rings. The number of carboxylic acids is 1. The van der Waals surface area contributed by atoms with E-state index in [1.165, 1.54) is 0 Å². The van der Waals surface area contributed by atoms with E-state index in [1.807, 2.05) is 18.2 Å². The predicted molar refractivity (Wildman–Crippen MR) is 88.5 cm³/mol. The molecular formula is C17H17ClN2O3. The average Bonchev–Trinajstić information content (AvgIpc) is 2.55. The first-order chi connectivity index (χ1) is 11.0. The van der Waals surface area contributed by atoms with Crippen LogP contribution in [-0.2, 0) is 9.59 Å². The van der Waals surface area contributed by atoms with Crippen LogP contribution in [0.15, 0.2) is 30.3 Å². The summed E-state index contributed by atoms with van der Waals surface area (Å²) in [5.74, 6) is -0.811. The molecule has 1 saturated carbocycles. The summed E-state index contributed by atoms with van der Waals surface area (Å²) in [5, 5.41) is 13.4. The minimum absolute atomic E-state index is 0.0883. The van der Waals surface area contributed by atoms with Gasteiger partial charge in [0.25, 0.3) is 0 Å². The number of halogens is 1. The zero-order valence-corrected chi connectivity index (χ0v) is 13.2. The molecule has 0 saturated heterocycles. The molecule has 0 aliphatic heterocycles. The van der Waals surface area contributed by atoms with E-state index in [2.05, 4.69) is 10.3 Å². The first-order valence-corrected chi connectivity index (χ1v) is 8.01. The lowest BCUT2D eigenvalue weighted by Crippen LogP contribution is -2.29. The van der Waals surface area contributed by atoms with E-state index in [4.69, 9.17) is 16.7 Å². The summed E-state index contributed by atoms with van der Waals surface area (Å²) in [6.07, 6.45) is 2.31. The molecule has 0 unspecified atom stereocenters. The molecule has 1 amide bonds. The summed E-state index contributed by atoms with van der Waals surface area (Å²) in [4.78, 5) is 27.7. The van der Waals surface area contributed by atoms with Crippen LogP contribution >= 0.6 is 11.6 Å². The first kappa shape index (κ1) is 15.7. The number of aliphatic carboxylic acids is 1. The lowest BCUT2D eigenvalue weighted by Gasteiger charge is -2.25. The Bertz CT molecular complexity index is 755. The van der Waals surface area contributed by atoms with Crippen molar-refractivity contribution < 1.29 is 14.7 Å². The van der Waals surface area contributed by atoms with E-state index < -0.39 is 5.97 Å². The van der Waals surface area contributed by atoms with Crippen molar-refractivity contribution in [2.24, 2.45) is 11.8 Å². The highest BCUT2D eigenvalue weighted by Crippen LogP contribution is 2.30. The van der Waals surface area contributed by atoms with Gasteiger partial charge in [0.1, 0.15) is 5.82 Å². The third-order valence-corrected chi connectivity index (χ3v) is 4.58. The van der Waals surface area contributed by atoms with Crippen LogP contribution in [0.25, 0.3) is 10.9 Å². The zero-order chi connectivity index (χ0) is 16.4. The summed E-state index contributed by atoms with van der Waals surface area (Å²) in [5.41, 5.74) is 0.766. The highest BCUT2D eigenvalue weighted by atomic mass is 35.5. The number of fused-ring (bicyclic) bond motifs is 1. The fourth-order valence-corrected chi connectivity index (χ4v) is 3.18. The van der Waals surface area contributed by atoms with Crippen LogP contribution in [0.1, 0.15) is 25.7 Å². The number of rotatable bonds is 3. The van der Waals surface area contributed by atoms with Crippen LogP contribution in [0.4, 0.5) is 5.82 Å². The molecule has 3 rings (SSSR count). The Morgan fingerprint density at radius 3 is 2.48 bits per heavy atom. The second kappa shape index (κ2) is 6.54. The van der Waals surface area contributed by atoms with Gasteiger partial charge in [-0.1, -0.05) is 11.6 Å². The van der Waals surface area contributed by atoms with Crippen molar-refractivity contribution >= 4 is 40.2 Å². The summed E-state index contributed by atoms with van der Waals surface area (Å²) in [6.45, 7) is 0.